The van der Waals surface area contributed by atoms with Crippen molar-refractivity contribution in [3.8, 4) is 0 Å². The maximum atomic E-state index is 13.7. The van der Waals surface area contributed by atoms with Gasteiger partial charge in [-0.3, -0.25) is 14.5 Å². The van der Waals surface area contributed by atoms with E-state index in [-0.39, 0.29) is 31.4 Å². The van der Waals surface area contributed by atoms with Gasteiger partial charge in [0, 0.05) is 12.1 Å². The molecule has 0 spiro atoms. The lowest BCUT2D eigenvalue weighted by atomic mass is 10.2. The minimum Gasteiger partial charge on any atom is -0.462 e. The van der Waals surface area contributed by atoms with Gasteiger partial charge in [0.05, 0.1) is 24.4 Å². The smallest absolute Gasteiger partial charge is 0.338 e. The normalized spacial score (nSPS) is 16.3. The Balaban J connectivity index is 1.48. The first-order chi connectivity index (χ1) is 17.4. The number of ether oxygens (including phenoxy) is 1. The number of rotatable bonds is 8. The topological polar surface area (TPSA) is 88.1 Å². The van der Waals surface area contributed by atoms with E-state index in [4.69, 9.17) is 4.74 Å². The van der Waals surface area contributed by atoms with Gasteiger partial charge in [0.2, 0.25) is 11.8 Å². The van der Waals surface area contributed by atoms with Crippen LogP contribution in [0.3, 0.4) is 0 Å². The summed E-state index contributed by atoms with van der Waals surface area (Å²) in [5, 5.41) is 2.49. The summed E-state index contributed by atoms with van der Waals surface area (Å²) >= 11 is 1.18. The van der Waals surface area contributed by atoms with Gasteiger partial charge in [0.15, 0.2) is 5.17 Å². The van der Waals surface area contributed by atoms with E-state index < -0.39 is 17.0 Å². The molecule has 7 nitrogen and oxygen atoms in total. The van der Waals surface area contributed by atoms with Crippen LogP contribution >= 0.6 is 11.8 Å². The number of anilines is 1. The minimum absolute atomic E-state index is 0.0728. The second kappa shape index (κ2) is 11.6. The number of esters is 1. The van der Waals surface area contributed by atoms with Crippen molar-refractivity contribution in [2.24, 2.45) is 4.99 Å². The lowest BCUT2D eigenvalue weighted by Crippen LogP contribution is -2.33. The molecular weight excluding hydrogens is 481 g/mol. The molecule has 1 aliphatic rings. The van der Waals surface area contributed by atoms with Crippen molar-refractivity contribution in [1.29, 1.82) is 0 Å². The van der Waals surface area contributed by atoms with Crippen molar-refractivity contribution in [3.63, 3.8) is 0 Å². The predicted octanol–water partition coefficient (Wildman–Crippen LogP) is 5.16. The van der Waals surface area contributed by atoms with Crippen LogP contribution < -0.4 is 5.32 Å². The molecule has 0 aromatic heterocycles. The Hall–Kier alpha value is -3.98. The van der Waals surface area contributed by atoms with Crippen molar-refractivity contribution in [2.45, 2.75) is 25.1 Å². The number of hydrogen-bond acceptors (Lipinski definition) is 6. The molecule has 9 heteroatoms. The van der Waals surface area contributed by atoms with Gasteiger partial charge >= 0.3 is 5.97 Å². The average Bonchev–Trinajstić information content (AvgIpc) is 3.14. The van der Waals surface area contributed by atoms with Crippen LogP contribution in [-0.2, 0) is 20.9 Å². The lowest BCUT2D eigenvalue weighted by Gasteiger charge is -2.16. The van der Waals surface area contributed by atoms with Crippen molar-refractivity contribution >= 4 is 46.1 Å². The third-order valence-electron chi connectivity index (χ3n) is 5.29. The van der Waals surface area contributed by atoms with Crippen LogP contribution in [0.1, 0.15) is 29.3 Å². The number of nitrogens with zero attached hydrogens (tertiary/aromatic N) is 2. The highest BCUT2D eigenvalue weighted by Crippen LogP contribution is 2.33. The van der Waals surface area contributed by atoms with Crippen LogP contribution in [0.25, 0.3) is 0 Å². The Morgan fingerprint density at radius 1 is 1.06 bits per heavy atom. The Morgan fingerprint density at radius 2 is 1.81 bits per heavy atom. The fourth-order valence-corrected chi connectivity index (χ4v) is 4.73. The number of aliphatic imine (C=N–C) groups is 1. The highest BCUT2D eigenvalue weighted by Gasteiger charge is 2.39. The maximum absolute atomic E-state index is 13.7. The highest BCUT2D eigenvalue weighted by atomic mass is 32.2. The molecule has 0 radical (unpaired) electrons. The van der Waals surface area contributed by atoms with E-state index in [1.807, 2.05) is 30.3 Å². The molecular formula is C27H24FN3O4S. The summed E-state index contributed by atoms with van der Waals surface area (Å²) in [5.74, 6) is -1.46. The summed E-state index contributed by atoms with van der Waals surface area (Å²) < 4.78 is 18.6. The molecule has 2 amide bonds. The quantitative estimate of drug-likeness (QED) is 0.427. The largest absolute Gasteiger partial charge is 0.462 e. The highest BCUT2D eigenvalue weighted by molar-refractivity contribution is 8.15. The molecule has 0 bridgehead atoms. The molecule has 1 heterocycles. The standard InChI is InChI=1S/C27H24FN3O4S/c1-2-35-26(34)19-11-13-21(14-12-19)29-24(32)16-23-25(33)31(17-18-7-4-3-5-8-18)27(36-23)30-22-10-6-9-20(28)15-22/h3-15,23H,2,16-17H2,1H3,(H,29,32)/t23-/m1/s1. The zero-order chi connectivity index (χ0) is 25.5. The van der Waals surface area contributed by atoms with E-state index in [1.54, 1.807) is 43.3 Å². The SMILES string of the molecule is CCOC(=O)c1ccc(NC(=O)C[C@H]2SC(=Nc3cccc(F)c3)N(Cc3ccccc3)C2=O)cc1. The minimum atomic E-state index is -0.681. The summed E-state index contributed by atoms with van der Waals surface area (Å²) in [5.41, 5.74) is 2.17. The molecule has 1 aliphatic heterocycles. The average molecular weight is 506 g/mol. The molecule has 1 saturated heterocycles. The Kier molecular flexibility index (Phi) is 8.12. The Bertz CT molecular complexity index is 1280. The van der Waals surface area contributed by atoms with Gasteiger partial charge in [-0.1, -0.05) is 48.2 Å². The molecule has 4 rings (SSSR count). The number of hydrogen-bond donors (Lipinski definition) is 1. The number of carbonyl (C=O) groups is 3. The van der Waals surface area contributed by atoms with Gasteiger partial charge in [0.25, 0.3) is 0 Å². The number of amides is 2. The van der Waals surface area contributed by atoms with E-state index in [0.29, 0.717) is 22.1 Å². The summed E-state index contributed by atoms with van der Waals surface area (Å²) in [6.45, 7) is 2.29. The molecule has 3 aromatic carbocycles. The molecule has 1 N–H and O–H groups in total. The summed E-state index contributed by atoms with van der Waals surface area (Å²) in [7, 11) is 0. The first-order valence-electron chi connectivity index (χ1n) is 11.4. The molecule has 0 saturated carbocycles. The van der Waals surface area contributed by atoms with Crippen LogP contribution in [0.2, 0.25) is 0 Å². The number of carbonyl (C=O) groups excluding carboxylic acids is 3. The molecule has 0 aliphatic carbocycles. The third-order valence-corrected chi connectivity index (χ3v) is 6.46. The van der Waals surface area contributed by atoms with Gasteiger partial charge < -0.3 is 10.1 Å². The Labute approximate surface area is 212 Å². The third kappa shape index (κ3) is 6.37. The van der Waals surface area contributed by atoms with Gasteiger partial charge in [0.1, 0.15) is 11.1 Å². The predicted molar refractivity (Wildman–Crippen MR) is 138 cm³/mol. The molecule has 0 unspecified atom stereocenters. The maximum Gasteiger partial charge on any atom is 0.338 e. The van der Waals surface area contributed by atoms with E-state index in [0.717, 1.165) is 5.56 Å². The summed E-state index contributed by atoms with van der Waals surface area (Å²) in [6, 6.07) is 21.6. The fourth-order valence-electron chi connectivity index (χ4n) is 3.58. The Morgan fingerprint density at radius 3 is 2.50 bits per heavy atom. The van der Waals surface area contributed by atoms with E-state index >= 15 is 0 Å². The van der Waals surface area contributed by atoms with Crippen LogP contribution in [0.4, 0.5) is 15.8 Å². The van der Waals surface area contributed by atoms with Crippen LogP contribution in [0, 0.1) is 5.82 Å². The van der Waals surface area contributed by atoms with Crippen LogP contribution in [-0.4, -0.2) is 39.7 Å². The van der Waals surface area contributed by atoms with Gasteiger partial charge in [-0.15, -0.1) is 0 Å². The monoisotopic (exact) mass is 505 g/mol. The lowest BCUT2D eigenvalue weighted by molar-refractivity contribution is -0.128. The van der Waals surface area contributed by atoms with Gasteiger partial charge in [-0.05, 0) is 55.0 Å². The first kappa shape index (κ1) is 25.1. The first-order valence-corrected chi connectivity index (χ1v) is 12.2. The van der Waals surface area contributed by atoms with E-state index in [1.165, 1.54) is 28.8 Å². The molecule has 3 aromatic rings. The number of amidine groups is 1. The van der Waals surface area contributed by atoms with Crippen molar-refractivity contribution in [2.75, 3.05) is 11.9 Å². The van der Waals surface area contributed by atoms with Crippen LogP contribution in [0.15, 0.2) is 83.9 Å². The zero-order valence-electron chi connectivity index (χ0n) is 19.5. The molecule has 36 heavy (non-hydrogen) atoms. The van der Waals surface area contributed by atoms with Crippen LogP contribution in [0.5, 0.6) is 0 Å². The second-order valence-corrected chi connectivity index (χ2v) is 9.11. The number of halogens is 1. The number of nitrogens with one attached hydrogen (secondary N) is 1. The molecule has 184 valence electrons. The van der Waals surface area contributed by atoms with Gasteiger partial charge in [-0.25, -0.2) is 14.2 Å². The van der Waals surface area contributed by atoms with Crippen molar-refractivity contribution in [1.82, 2.24) is 4.90 Å². The molecule has 1 atom stereocenters. The van der Waals surface area contributed by atoms with E-state index in [2.05, 4.69) is 10.3 Å². The van der Waals surface area contributed by atoms with Gasteiger partial charge in [-0.2, -0.15) is 0 Å². The fraction of sp³-hybridized carbons (Fsp3) is 0.185. The zero-order valence-corrected chi connectivity index (χ0v) is 20.3. The summed E-state index contributed by atoms with van der Waals surface area (Å²) in [4.78, 5) is 43.8. The van der Waals surface area contributed by atoms with Crippen molar-refractivity contribution in [3.05, 3.63) is 95.8 Å². The molecule has 1 fully saturated rings. The number of benzene rings is 3. The van der Waals surface area contributed by atoms with Crippen molar-refractivity contribution < 1.29 is 23.5 Å². The second-order valence-electron chi connectivity index (χ2n) is 7.94. The van der Waals surface area contributed by atoms with E-state index in [9.17, 15) is 18.8 Å². The summed E-state index contributed by atoms with van der Waals surface area (Å²) in [6.07, 6.45) is -0.0728. The number of thioether (sulfide) groups is 1.